The second-order valence-corrected chi connectivity index (χ2v) is 5.25. The molecular formula is C19H21NO5. The van der Waals surface area contributed by atoms with Gasteiger partial charge in [-0.2, -0.15) is 0 Å². The average Bonchev–Trinajstić information content (AvgIpc) is 2.68. The highest BCUT2D eigenvalue weighted by atomic mass is 16.5. The van der Waals surface area contributed by atoms with E-state index in [9.17, 15) is 9.59 Å². The highest BCUT2D eigenvalue weighted by molar-refractivity contribution is 5.96. The quantitative estimate of drug-likeness (QED) is 0.782. The maximum Gasteiger partial charge on any atom is 0.337 e. The van der Waals surface area contributed by atoms with Gasteiger partial charge in [-0.3, -0.25) is 4.79 Å². The van der Waals surface area contributed by atoms with E-state index in [-0.39, 0.29) is 18.6 Å². The van der Waals surface area contributed by atoms with Crippen LogP contribution in [0.2, 0.25) is 0 Å². The van der Waals surface area contributed by atoms with Crippen LogP contribution in [0.15, 0.2) is 48.5 Å². The SMILES string of the molecule is COC(=O)c1ccc(C(=O)NC[C@H](OC)c2ccccc2OC)cc1. The summed E-state index contributed by atoms with van der Waals surface area (Å²) in [6, 6.07) is 13.7. The van der Waals surface area contributed by atoms with E-state index in [0.29, 0.717) is 16.9 Å². The van der Waals surface area contributed by atoms with Crippen molar-refractivity contribution in [2.24, 2.45) is 0 Å². The van der Waals surface area contributed by atoms with Crippen LogP contribution in [0.1, 0.15) is 32.4 Å². The van der Waals surface area contributed by atoms with Crippen LogP contribution >= 0.6 is 0 Å². The van der Waals surface area contributed by atoms with Gasteiger partial charge in [-0.15, -0.1) is 0 Å². The van der Waals surface area contributed by atoms with Gasteiger partial charge in [-0.1, -0.05) is 18.2 Å². The van der Waals surface area contributed by atoms with Gasteiger partial charge in [-0.25, -0.2) is 4.79 Å². The van der Waals surface area contributed by atoms with E-state index in [2.05, 4.69) is 10.1 Å². The van der Waals surface area contributed by atoms with Gasteiger partial charge in [0.15, 0.2) is 0 Å². The average molecular weight is 343 g/mol. The number of methoxy groups -OCH3 is 3. The van der Waals surface area contributed by atoms with Crippen molar-refractivity contribution in [3.63, 3.8) is 0 Å². The normalized spacial score (nSPS) is 11.5. The predicted octanol–water partition coefficient (Wildman–Crippen LogP) is 2.60. The Bertz CT molecular complexity index is 727. The van der Waals surface area contributed by atoms with Crippen LogP contribution in [0.4, 0.5) is 0 Å². The number of hydrogen-bond acceptors (Lipinski definition) is 5. The standard InChI is InChI=1S/C19H21NO5/c1-23-16-7-5-4-6-15(16)17(24-2)12-20-18(21)13-8-10-14(11-9-13)19(22)25-3/h4-11,17H,12H2,1-3H3,(H,20,21)/t17-/m0/s1. The molecule has 0 saturated carbocycles. The molecule has 0 unspecified atom stereocenters. The first-order valence-corrected chi connectivity index (χ1v) is 7.73. The smallest absolute Gasteiger partial charge is 0.337 e. The van der Waals surface area contributed by atoms with Crippen LogP contribution < -0.4 is 10.1 Å². The van der Waals surface area contributed by atoms with Crippen LogP contribution in [-0.2, 0) is 9.47 Å². The summed E-state index contributed by atoms with van der Waals surface area (Å²) < 4.78 is 15.4. The van der Waals surface area contributed by atoms with Crippen molar-refractivity contribution < 1.29 is 23.8 Å². The lowest BCUT2D eigenvalue weighted by Crippen LogP contribution is -2.29. The topological polar surface area (TPSA) is 73.9 Å². The predicted molar refractivity (Wildman–Crippen MR) is 92.9 cm³/mol. The van der Waals surface area contributed by atoms with Gasteiger partial charge in [0, 0.05) is 24.8 Å². The molecule has 1 N–H and O–H groups in total. The first-order chi connectivity index (χ1) is 12.1. The molecule has 0 bridgehead atoms. The van der Waals surface area contributed by atoms with Crippen molar-refractivity contribution in [1.82, 2.24) is 5.32 Å². The van der Waals surface area contributed by atoms with E-state index in [0.717, 1.165) is 5.56 Å². The maximum absolute atomic E-state index is 12.3. The van der Waals surface area contributed by atoms with E-state index in [1.165, 1.54) is 7.11 Å². The summed E-state index contributed by atoms with van der Waals surface area (Å²) in [5.74, 6) is 0.00183. The molecule has 1 amide bonds. The van der Waals surface area contributed by atoms with Crippen LogP contribution in [0, 0.1) is 0 Å². The highest BCUT2D eigenvalue weighted by Gasteiger charge is 2.17. The fourth-order valence-electron chi connectivity index (χ4n) is 2.42. The minimum atomic E-state index is -0.442. The third-order valence-electron chi connectivity index (χ3n) is 3.79. The molecule has 2 aromatic carbocycles. The summed E-state index contributed by atoms with van der Waals surface area (Å²) in [6.45, 7) is 0.286. The number of rotatable bonds is 7. The van der Waals surface area contributed by atoms with Crippen molar-refractivity contribution in [3.8, 4) is 5.75 Å². The summed E-state index contributed by atoms with van der Waals surface area (Å²) >= 11 is 0. The Hall–Kier alpha value is -2.86. The summed E-state index contributed by atoms with van der Waals surface area (Å²) in [5, 5.41) is 2.83. The van der Waals surface area contributed by atoms with Gasteiger partial charge in [0.1, 0.15) is 11.9 Å². The lowest BCUT2D eigenvalue weighted by molar-refractivity contribution is 0.0600. The van der Waals surface area contributed by atoms with Gasteiger partial charge in [-0.05, 0) is 30.3 Å². The van der Waals surface area contributed by atoms with Gasteiger partial charge in [0.05, 0.1) is 19.8 Å². The molecule has 2 rings (SSSR count). The third kappa shape index (κ3) is 4.58. The molecule has 6 nitrogen and oxygen atoms in total. The Kier molecular flexibility index (Phi) is 6.54. The van der Waals surface area contributed by atoms with E-state index in [4.69, 9.17) is 9.47 Å². The molecule has 2 aromatic rings. The van der Waals surface area contributed by atoms with E-state index in [1.54, 1.807) is 38.5 Å². The lowest BCUT2D eigenvalue weighted by atomic mass is 10.1. The number of esters is 1. The monoisotopic (exact) mass is 343 g/mol. The van der Waals surface area contributed by atoms with Crippen LogP contribution in [0.3, 0.4) is 0 Å². The molecular weight excluding hydrogens is 322 g/mol. The Morgan fingerprint density at radius 1 is 0.960 bits per heavy atom. The first-order valence-electron chi connectivity index (χ1n) is 7.73. The molecule has 6 heteroatoms. The second kappa shape index (κ2) is 8.84. The van der Waals surface area contributed by atoms with Crippen LogP contribution in [0.5, 0.6) is 5.75 Å². The molecule has 132 valence electrons. The molecule has 25 heavy (non-hydrogen) atoms. The first kappa shape index (κ1) is 18.5. The maximum atomic E-state index is 12.3. The van der Waals surface area contributed by atoms with Gasteiger partial charge in [0.25, 0.3) is 5.91 Å². The van der Waals surface area contributed by atoms with E-state index < -0.39 is 5.97 Å². The van der Waals surface area contributed by atoms with Gasteiger partial charge < -0.3 is 19.5 Å². The largest absolute Gasteiger partial charge is 0.496 e. The zero-order chi connectivity index (χ0) is 18.2. The molecule has 0 aromatic heterocycles. The lowest BCUT2D eigenvalue weighted by Gasteiger charge is -2.19. The fraction of sp³-hybridized carbons (Fsp3) is 0.263. The Morgan fingerprint density at radius 2 is 1.60 bits per heavy atom. The van der Waals surface area contributed by atoms with Crippen LogP contribution in [-0.4, -0.2) is 39.8 Å². The number of hydrogen-bond donors (Lipinski definition) is 1. The highest BCUT2D eigenvalue weighted by Crippen LogP contribution is 2.26. The number of para-hydroxylation sites is 1. The van der Waals surface area contributed by atoms with E-state index in [1.807, 2.05) is 24.3 Å². The van der Waals surface area contributed by atoms with Crippen molar-refractivity contribution in [2.45, 2.75) is 6.10 Å². The zero-order valence-corrected chi connectivity index (χ0v) is 14.4. The number of carbonyl (C=O) groups excluding carboxylic acids is 2. The molecule has 0 heterocycles. The molecule has 0 saturated heterocycles. The Balaban J connectivity index is 2.03. The molecule has 1 atom stereocenters. The molecule has 0 fully saturated rings. The molecule has 0 aliphatic carbocycles. The van der Waals surface area contributed by atoms with Crippen molar-refractivity contribution >= 4 is 11.9 Å². The number of nitrogens with one attached hydrogen (secondary N) is 1. The van der Waals surface area contributed by atoms with E-state index >= 15 is 0 Å². The Labute approximate surface area is 146 Å². The summed E-state index contributed by atoms with van der Waals surface area (Å²) in [6.07, 6.45) is -0.338. The fourth-order valence-corrected chi connectivity index (χ4v) is 2.42. The molecule has 0 aliphatic rings. The minimum Gasteiger partial charge on any atom is -0.496 e. The minimum absolute atomic E-state index is 0.256. The van der Waals surface area contributed by atoms with Crippen molar-refractivity contribution in [3.05, 3.63) is 65.2 Å². The van der Waals surface area contributed by atoms with Gasteiger partial charge in [0.2, 0.25) is 0 Å². The second-order valence-electron chi connectivity index (χ2n) is 5.25. The number of amides is 1. The zero-order valence-electron chi connectivity index (χ0n) is 14.4. The van der Waals surface area contributed by atoms with Gasteiger partial charge >= 0.3 is 5.97 Å². The number of benzene rings is 2. The number of carbonyl (C=O) groups is 2. The summed E-state index contributed by atoms with van der Waals surface area (Å²) in [7, 11) is 4.48. The van der Waals surface area contributed by atoms with Crippen LogP contribution in [0.25, 0.3) is 0 Å². The molecule has 0 spiro atoms. The summed E-state index contributed by atoms with van der Waals surface area (Å²) in [4.78, 5) is 23.7. The van der Waals surface area contributed by atoms with Crippen molar-refractivity contribution in [1.29, 1.82) is 0 Å². The third-order valence-corrected chi connectivity index (χ3v) is 3.79. The summed E-state index contributed by atoms with van der Waals surface area (Å²) in [5.41, 5.74) is 1.69. The van der Waals surface area contributed by atoms with Crippen molar-refractivity contribution in [2.75, 3.05) is 27.9 Å². The Morgan fingerprint density at radius 3 is 2.20 bits per heavy atom. The number of ether oxygens (including phenoxy) is 3. The molecule has 0 radical (unpaired) electrons. The molecule has 0 aliphatic heterocycles.